The number of hydrazone groups is 1. The summed E-state index contributed by atoms with van der Waals surface area (Å²) in [6, 6.07) is 29.5. The normalized spacial score (nSPS) is 11.7. The van der Waals surface area contributed by atoms with Gasteiger partial charge in [0.05, 0.1) is 12.1 Å². The molecule has 0 spiro atoms. The molecular weight excluding hydrogens is 332 g/mol. The molecule has 1 N–H and O–H groups in total. The van der Waals surface area contributed by atoms with E-state index in [9.17, 15) is 4.79 Å². The zero-order valence-electron chi connectivity index (χ0n) is 15.2. The lowest BCUT2D eigenvalue weighted by atomic mass is 9.91. The van der Waals surface area contributed by atoms with Crippen LogP contribution in [0.25, 0.3) is 6.08 Å². The van der Waals surface area contributed by atoms with Gasteiger partial charge < -0.3 is 0 Å². The molecule has 0 radical (unpaired) electrons. The second-order valence-corrected chi connectivity index (χ2v) is 6.29. The quantitative estimate of drug-likeness (QED) is 0.490. The van der Waals surface area contributed by atoms with E-state index in [4.69, 9.17) is 0 Å². The summed E-state index contributed by atoms with van der Waals surface area (Å²) in [5, 5.41) is 4.15. The fourth-order valence-corrected chi connectivity index (χ4v) is 2.90. The van der Waals surface area contributed by atoms with Gasteiger partial charge >= 0.3 is 0 Å². The van der Waals surface area contributed by atoms with Crippen molar-refractivity contribution in [2.75, 3.05) is 0 Å². The summed E-state index contributed by atoms with van der Waals surface area (Å²) in [6.45, 7) is 1.95. The van der Waals surface area contributed by atoms with Gasteiger partial charge in [0, 0.05) is 0 Å². The fraction of sp³-hybridized carbons (Fsp3) is 0.0833. The summed E-state index contributed by atoms with van der Waals surface area (Å²) >= 11 is 0. The largest absolute Gasteiger partial charge is 0.272 e. The van der Waals surface area contributed by atoms with Crippen molar-refractivity contribution in [1.82, 2.24) is 5.43 Å². The average molecular weight is 354 g/mol. The number of hydrogen-bond acceptors (Lipinski definition) is 2. The number of nitrogens with one attached hydrogen (secondary N) is 1. The Morgan fingerprint density at radius 2 is 1.30 bits per heavy atom. The highest BCUT2D eigenvalue weighted by Gasteiger charge is 2.22. The molecule has 0 saturated heterocycles. The third-order valence-corrected chi connectivity index (χ3v) is 4.16. The smallest absolute Gasteiger partial charge is 0.252 e. The van der Waals surface area contributed by atoms with Gasteiger partial charge in [0.15, 0.2) is 0 Å². The van der Waals surface area contributed by atoms with Gasteiger partial charge in [-0.3, -0.25) is 4.79 Å². The van der Waals surface area contributed by atoms with Crippen LogP contribution in [0.5, 0.6) is 0 Å². The van der Waals surface area contributed by atoms with Crippen LogP contribution in [-0.4, -0.2) is 12.1 Å². The molecule has 3 nitrogen and oxygen atoms in total. The van der Waals surface area contributed by atoms with Gasteiger partial charge in [0.2, 0.25) is 0 Å². The molecule has 0 aliphatic heterocycles. The molecule has 0 fully saturated rings. The minimum atomic E-state index is -0.400. The van der Waals surface area contributed by atoms with Crippen molar-refractivity contribution < 1.29 is 4.79 Å². The second kappa shape index (κ2) is 9.30. The molecule has 3 aromatic carbocycles. The van der Waals surface area contributed by atoms with Gasteiger partial charge in [-0.1, -0.05) is 97.1 Å². The molecule has 0 atom stereocenters. The molecule has 0 heterocycles. The van der Waals surface area contributed by atoms with E-state index in [1.807, 2.05) is 104 Å². The highest BCUT2D eigenvalue weighted by atomic mass is 16.2. The Bertz CT molecular complexity index is 877. The zero-order chi connectivity index (χ0) is 18.9. The van der Waals surface area contributed by atoms with Crippen LogP contribution in [0.15, 0.2) is 102 Å². The molecule has 1 amide bonds. The first-order valence-electron chi connectivity index (χ1n) is 8.90. The first kappa shape index (κ1) is 18.3. The summed E-state index contributed by atoms with van der Waals surface area (Å²) in [4.78, 5) is 12.8. The van der Waals surface area contributed by atoms with E-state index in [-0.39, 0.29) is 5.91 Å². The zero-order valence-corrected chi connectivity index (χ0v) is 15.2. The molecule has 27 heavy (non-hydrogen) atoms. The van der Waals surface area contributed by atoms with Crippen molar-refractivity contribution >= 4 is 18.2 Å². The SMILES string of the molecule is C/C(C=NNC(=O)C(c1ccccc1)c1ccccc1)=C/c1ccccc1. The monoisotopic (exact) mass is 354 g/mol. The van der Waals surface area contributed by atoms with Crippen molar-refractivity contribution in [2.24, 2.45) is 5.10 Å². The lowest BCUT2D eigenvalue weighted by molar-refractivity contribution is -0.121. The van der Waals surface area contributed by atoms with E-state index in [2.05, 4.69) is 10.5 Å². The predicted octanol–water partition coefficient (Wildman–Crippen LogP) is 5.02. The average Bonchev–Trinajstić information content (AvgIpc) is 2.70. The molecule has 0 aliphatic carbocycles. The van der Waals surface area contributed by atoms with Gasteiger partial charge in [-0.15, -0.1) is 0 Å². The third kappa shape index (κ3) is 5.25. The lowest BCUT2D eigenvalue weighted by Crippen LogP contribution is -2.26. The van der Waals surface area contributed by atoms with E-state index in [1.54, 1.807) is 6.21 Å². The summed E-state index contributed by atoms with van der Waals surface area (Å²) in [5.74, 6) is -0.556. The molecular formula is C24H22N2O. The van der Waals surface area contributed by atoms with Crippen molar-refractivity contribution in [2.45, 2.75) is 12.8 Å². The lowest BCUT2D eigenvalue weighted by Gasteiger charge is -2.16. The van der Waals surface area contributed by atoms with Gasteiger partial charge in [-0.25, -0.2) is 5.43 Å². The van der Waals surface area contributed by atoms with Gasteiger partial charge in [-0.2, -0.15) is 5.10 Å². The first-order chi connectivity index (χ1) is 13.2. The molecule has 0 aliphatic rings. The number of hydrogen-bond donors (Lipinski definition) is 1. The van der Waals surface area contributed by atoms with Crippen LogP contribution in [0.2, 0.25) is 0 Å². The number of benzene rings is 3. The minimum absolute atomic E-state index is 0.156. The van der Waals surface area contributed by atoms with Crippen molar-refractivity contribution in [1.29, 1.82) is 0 Å². The predicted molar refractivity (Wildman–Crippen MR) is 111 cm³/mol. The molecule has 3 heteroatoms. The Hall–Kier alpha value is -3.46. The van der Waals surface area contributed by atoms with Crippen LogP contribution < -0.4 is 5.43 Å². The van der Waals surface area contributed by atoms with Crippen molar-refractivity contribution in [3.63, 3.8) is 0 Å². The van der Waals surface area contributed by atoms with E-state index in [0.29, 0.717) is 0 Å². The molecule has 3 rings (SSSR count). The molecule has 0 aromatic heterocycles. The van der Waals surface area contributed by atoms with Crippen LogP contribution in [0.3, 0.4) is 0 Å². The molecule has 134 valence electrons. The topological polar surface area (TPSA) is 41.5 Å². The Morgan fingerprint density at radius 1 is 0.815 bits per heavy atom. The minimum Gasteiger partial charge on any atom is -0.272 e. The van der Waals surface area contributed by atoms with E-state index in [1.165, 1.54) is 0 Å². The summed E-state index contributed by atoms with van der Waals surface area (Å²) in [7, 11) is 0. The van der Waals surface area contributed by atoms with E-state index < -0.39 is 5.92 Å². The number of amides is 1. The standard InChI is InChI=1S/C24H22N2O/c1-19(17-20-11-5-2-6-12-20)18-25-26-24(27)23(21-13-7-3-8-14-21)22-15-9-4-10-16-22/h2-18,23H,1H3,(H,26,27)/b19-17-,25-18?. The van der Waals surface area contributed by atoms with E-state index >= 15 is 0 Å². The summed E-state index contributed by atoms with van der Waals surface area (Å²) in [5.41, 5.74) is 6.61. The molecule has 0 saturated carbocycles. The molecule has 0 bridgehead atoms. The first-order valence-corrected chi connectivity index (χ1v) is 8.90. The van der Waals surface area contributed by atoms with Crippen LogP contribution in [0, 0.1) is 0 Å². The number of rotatable bonds is 6. The fourth-order valence-electron chi connectivity index (χ4n) is 2.90. The highest BCUT2D eigenvalue weighted by molar-refractivity contribution is 5.89. The van der Waals surface area contributed by atoms with E-state index in [0.717, 1.165) is 22.3 Å². The number of nitrogens with zero attached hydrogens (tertiary/aromatic N) is 1. The number of carbonyl (C=O) groups is 1. The van der Waals surface area contributed by atoms with Crippen LogP contribution >= 0.6 is 0 Å². The second-order valence-electron chi connectivity index (χ2n) is 6.29. The summed E-state index contributed by atoms with van der Waals surface area (Å²) in [6.07, 6.45) is 3.68. The Morgan fingerprint density at radius 3 is 1.81 bits per heavy atom. The van der Waals surface area contributed by atoms with Crippen molar-refractivity contribution in [3.8, 4) is 0 Å². The highest BCUT2D eigenvalue weighted by Crippen LogP contribution is 2.24. The maximum Gasteiger partial charge on any atom is 0.252 e. The van der Waals surface area contributed by atoms with Gasteiger partial charge in [-0.05, 0) is 29.2 Å². The Labute approximate surface area is 160 Å². The number of carbonyl (C=O) groups excluding carboxylic acids is 1. The molecule has 3 aromatic rings. The van der Waals surface area contributed by atoms with Crippen LogP contribution in [0.4, 0.5) is 0 Å². The Kier molecular flexibility index (Phi) is 6.31. The third-order valence-electron chi connectivity index (χ3n) is 4.16. The molecule has 0 unspecified atom stereocenters. The van der Waals surface area contributed by atoms with Crippen molar-refractivity contribution in [3.05, 3.63) is 113 Å². The Balaban J connectivity index is 1.74. The maximum atomic E-state index is 12.8. The van der Waals surface area contributed by atoms with Crippen LogP contribution in [-0.2, 0) is 4.79 Å². The van der Waals surface area contributed by atoms with Crippen LogP contribution in [0.1, 0.15) is 29.5 Å². The summed E-state index contributed by atoms with van der Waals surface area (Å²) < 4.78 is 0. The number of allylic oxidation sites excluding steroid dienone is 1. The van der Waals surface area contributed by atoms with Gasteiger partial charge in [0.25, 0.3) is 5.91 Å². The van der Waals surface area contributed by atoms with Gasteiger partial charge in [0.1, 0.15) is 0 Å². The maximum absolute atomic E-state index is 12.8.